The third-order valence-corrected chi connectivity index (χ3v) is 8.39. The molecule has 11 heteroatoms. The number of hydrogen-bond acceptors (Lipinski definition) is 6. The molecule has 0 aliphatic carbocycles. The van der Waals surface area contributed by atoms with Crippen LogP contribution in [0.2, 0.25) is 10.0 Å². The van der Waals surface area contributed by atoms with Crippen LogP contribution in [0.1, 0.15) is 46.7 Å². The van der Waals surface area contributed by atoms with Crippen molar-refractivity contribution in [3.8, 4) is 5.75 Å². The van der Waals surface area contributed by atoms with Gasteiger partial charge in [-0.3, -0.25) is 0 Å². The molecule has 1 amide bonds. The number of rotatable bonds is 9. The second kappa shape index (κ2) is 14.0. The fourth-order valence-electron chi connectivity index (χ4n) is 6.13. The number of carbonyl (C=O) groups is 1. The largest absolute Gasteiger partial charge is 0.490 e. The molecule has 2 N–H and O–H groups in total. The molecule has 3 aromatic carbocycles. The SMILES string of the molecule is Cc1cc(C)c(C(c2cc(Cl)cc(Cl)c2)N(C(=O)O)c2ccnc(Nc3ccc(OCC4CCCN(C)C4)c(F)c3)n2)c(C)c1. The number of nitrogens with zero attached hydrogens (tertiary/aromatic N) is 4. The molecule has 1 aromatic heterocycles. The van der Waals surface area contributed by atoms with E-state index in [1.807, 2.05) is 32.9 Å². The summed E-state index contributed by atoms with van der Waals surface area (Å²) >= 11 is 12.8. The van der Waals surface area contributed by atoms with E-state index in [4.69, 9.17) is 27.9 Å². The summed E-state index contributed by atoms with van der Waals surface area (Å²) in [4.78, 5) is 25.2. The van der Waals surface area contributed by atoms with Crippen LogP contribution in [0, 0.1) is 32.5 Å². The van der Waals surface area contributed by atoms with Crippen LogP contribution in [0.3, 0.4) is 0 Å². The molecule has 0 bridgehead atoms. The number of amides is 1. The minimum atomic E-state index is -1.24. The number of likely N-dealkylation sites (tertiary alicyclic amines) is 1. The summed E-state index contributed by atoms with van der Waals surface area (Å²) in [5.41, 5.74) is 4.61. The molecule has 2 heterocycles. The lowest BCUT2D eigenvalue weighted by Gasteiger charge is -2.32. The summed E-state index contributed by atoms with van der Waals surface area (Å²) in [6.07, 6.45) is 2.37. The Hall–Kier alpha value is -3.92. The van der Waals surface area contributed by atoms with E-state index in [0.29, 0.717) is 33.8 Å². The first kappa shape index (κ1) is 32.5. The van der Waals surface area contributed by atoms with Gasteiger partial charge in [-0.2, -0.15) is 4.98 Å². The average Bonchev–Trinajstić information content (AvgIpc) is 2.95. The maximum absolute atomic E-state index is 15.0. The molecule has 1 aliphatic heterocycles. The zero-order valence-electron chi connectivity index (χ0n) is 25.7. The second-order valence-electron chi connectivity index (χ2n) is 11.7. The van der Waals surface area contributed by atoms with E-state index < -0.39 is 18.0 Å². The van der Waals surface area contributed by atoms with Crippen LogP contribution in [0.25, 0.3) is 0 Å². The molecule has 5 rings (SSSR count). The number of carboxylic acid groups (broad SMARTS) is 1. The van der Waals surface area contributed by atoms with E-state index >= 15 is 4.39 Å². The van der Waals surface area contributed by atoms with Crippen molar-refractivity contribution in [1.29, 1.82) is 0 Å². The van der Waals surface area contributed by atoms with Gasteiger partial charge >= 0.3 is 6.09 Å². The van der Waals surface area contributed by atoms with Crippen molar-refractivity contribution in [3.63, 3.8) is 0 Å². The molecule has 1 fully saturated rings. The summed E-state index contributed by atoms with van der Waals surface area (Å²) in [5, 5.41) is 14.4. The molecule has 236 valence electrons. The number of hydrogen-bond donors (Lipinski definition) is 2. The molecule has 4 aromatic rings. The third kappa shape index (κ3) is 7.84. The lowest BCUT2D eigenvalue weighted by atomic mass is 9.89. The Morgan fingerprint density at radius 2 is 1.82 bits per heavy atom. The van der Waals surface area contributed by atoms with Crippen molar-refractivity contribution in [3.05, 3.63) is 104 Å². The fraction of sp³-hybridized carbons (Fsp3) is 0.324. The molecular weight excluding hydrogens is 616 g/mol. The number of anilines is 3. The fourth-order valence-corrected chi connectivity index (χ4v) is 6.67. The van der Waals surface area contributed by atoms with Gasteiger partial charge in [0, 0.05) is 40.5 Å². The molecule has 1 saturated heterocycles. The van der Waals surface area contributed by atoms with Crippen LogP contribution >= 0.6 is 23.2 Å². The van der Waals surface area contributed by atoms with Crippen molar-refractivity contribution in [1.82, 2.24) is 14.9 Å². The zero-order valence-corrected chi connectivity index (χ0v) is 27.2. The summed E-state index contributed by atoms with van der Waals surface area (Å²) in [7, 11) is 2.08. The Morgan fingerprint density at radius 1 is 1.11 bits per heavy atom. The molecule has 8 nitrogen and oxygen atoms in total. The number of halogens is 3. The predicted molar refractivity (Wildman–Crippen MR) is 177 cm³/mol. The van der Waals surface area contributed by atoms with Crippen LogP contribution < -0.4 is 15.0 Å². The van der Waals surface area contributed by atoms with E-state index in [9.17, 15) is 9.90 Å². The summed E-state index contributed by atoms with van der Waals surface area (Å²) in [5.74, 6) is 0.215. The lowest BCUT2D eigenvalue weighted by molar-refractivity contribution is 0.147. The summed E-state index contributed by atoms with van der Waals surface area (Å²) in [6.45, 7) is 8.32. The minimum Gasteiger partial charge on any atom is -0.490 e. The number of aryl methyl sites for hydroxylation is 3. The van der Waals surface area contributed by atoms with Crippen LogP contribution in [-0.4, -0.2) is 52.8 Å². The van der Waals surface area contributed by atoms with E-state index in [1.165, 1.54) is 23.2 Å². The highest BCUT2D eigenvalue weighted by Crippen LogP contribution is 2.39. The van der Waals surface area contributed by atoms with Crippen LogP contribution in [0.15, 0.2) is 60.8 Å². The van der Waals surface area contributed by atoms with Gasteiger partial charge < -0.3 is 20.1 Å². The van der Waals surface area contributed by atoms with E-state index in [-0.39, 0.29) is 17.5 Å². The van der Waals surface area contributed by atoms with Crippen LogP contribution in [0.5, 0.6) is 5.75 Å². The van der Waals surface area contributed by atoms with Gasteiger partial charge in [0.15, 0.2) is 11.6 Å². The first-order chi connectivity index (χ1) is 21.5. The molecule has 0 spiro atoms. The van der Waals surface area contributed by atoms with Crippen molar-refractivity contribution in [2.45, 2.75) is 39.7 Å². The maximum Gasteiger partial charge on any atom is 0.413 e. The number of piperidine rings is 1. The predicted octanol–water partition coefficient (Wildman–Crippen LogP) is 8.59. The Kier molecular flexibility index (Phi) is 10.1. The minimum absolute atomic E-state index is 0.0947. The van der Waals surface area contributed by atoms with Crippen molar-refractivity contribution >= 4 is 46.7 Å². The average molecular weight is 653 g/mol. The summed E-state index contributed by atoms with van der Waals surface area (Å²) < 4.78 is 20.8. The second-order valence-corrected chi connectivity index (χ2v) is 12.5. The highest BCUT2D eigenvalue weighted by atomic mass is 35.5. The quantitative estimate of drug-likeness (QED) is 0.187. The van der Waals surface area contributed by atoms with Gasteiger partial charge in [0.2, 0.25) is 5.95 Å². The summed E-state index contributed by atoms with van der Waals surface area (Å²) in [6, 6.07) is 14.2. The molecule has 0 radical (unpaired) electrons. The Morgan fingerprint density at radius 3 is 2.47 bits per heavy atom. The monoisotopic (exact) mass is 651 g/mol. The van der Waals surface area contributed by atoms with Crippen LogP contribution in [-0.2, 0) is 0 Å². The molecule has 1 aliphatic rings. The van der Waals surface area contributed by atoms with Gasteiger partial charge in [-0.25, -0.2) is 19.1 Å². The number of benzene rings is 3. The van der Waals surface area contributed by atoms with Crippen molar-refractivity contribution in [2.75, 3.05) is 37.0 Å². The lowest BCUT2D eigenvalue weighted by Crippen LogP contribution is -2.36. The Bertz CT molecular complexity index is 1660. The van der Waals surface area contributed by atoms with E-state index in [2.05, 4.69) is 27.2 Å². The van der Waals surface area contributed by atoms with Gasteiger partial charge in [-0.15, -0.1) is 0 Å². The third-order valence-electron chi connectivity index (χ3n) is 7.95. The first-order valence-electron chi connectivity index (χ1n) is 14.8. The number of nitrogens with one attached hydrogen (secondary N) is 1. The molecule has 2 atom stereocenters. The van der Waals surface area contributed by atoms with Crippen molar-refractivity contribution < 1.29 is 19.0 Å². The molecule has 45 heavy (non-hydrogen) atoms. The van der Waals surface area contributed by atoms with Gasteiger partial charge in [0.1, 0.15) is 5.82 Å². The molecule has 0 saturated carbocycles. The molecular formula is C34H36Cl2FN5O3. The topological polar surface area (TPSA) is 90.8 Å². The smallest absolute Gasteiger partial charge is 0.413 e. The Balaban J connectivity index is 1.45. The van der Waals surface area contributed by atoms with E-state index in [1.54, 1.807) is 30.3 Å². The number of ether oxygens (including phenoxy) is 1. The maximum atomic E-state index is 15.0. The van der Waals surface area contributed by atoms with E-state index in [0.717, 1.165) is 48.2 Å². The van der Waals surface area contributed by atoms with Gasteiger partial charge in [0.05, 0.1) is 12.6 Å². The standard InChI is InChI=1S/C34H36Cl2FN5O3/c1-20-12-21(2)31(22(3)13-20)32(24-14-25(35)16-26(36)15-24)42(34(43)44)30-9-10-38-33(40-30)39-27-7-8-29(28(37)17-27)45-19-23-6-5-11-41(4)18-23/h7-10,12-17,23,32H,5-6,11,18-19H2,1-4H3,(H,43,44)(H,38,39,40). The molecule has 2 unspecified atom stereocenters. The van der Waals surface area contributed by atoms with Crippen LogP contribution in [0.4, 0.5) is 26.6 Å². The number of aromatic nitrogens is 2. The van der Waals surface area contributed by atoms with Gasteiger partial charge in [-0.05, 0) is 106 Å². The normalized spacial score (nSPS) is 15.8. The van der Waals surface area contributed by atoms with Gasteiger partial charge in [-0.1, -0.05) is 40.9 Å². The highest BCUT2D eigenvalue weighted by Gasteiger charge is 2.32. The Labute approximate surface area is 272 Å². The first-order valence-corrected chi connectivity index (χ1v) is 15.5. The highest BCUT2D eigenvalue weighted by molar-refractivity contribution is 6.34. The van der Waals surface area contributed by atoms with Gasteiger partial charge in [0.25, 0.3) is 0 Å². The van der Waals surface area contributed by atoms with Crippen molar-refractivity contribution in [2.24, 2.45) is 5.92 Å². The zero-order chi connectivity index (χ0) is 32.2.